The van der Waals surface area contributed by atoms with E-state index in [2.05, 4.69) is 13.8 Å². The number of hydrogen-bond acceptors (Lipinski definition) is 0. The second-order valence-electron chi connectivity index (χ2n) is 4.58. The zero-order valence-electron chi connectivity index (χ0n) is 9.11. The third-order valence-corrected chi connectivity index (χ3v) is 4.50. The van der Waals surface area contributed by atoms with E-state index in [-0.39, 0.29) is 0 Å². The van der Waals surface area contributed by atoms with Gasteiger partial charge in [-0.3, -0.25) is 0 Å². The van der Waals surface area contributed by atoms with Crippen molar-refractivity contribution < 1.29 is 0 Å². The summed E-state index contributed by atoms with van der Waals surface area (Å²) in [4.78, 5) is 0. The van der Waals surface area contributed by atoms with Crippen LogP contribution in [0.2, 0.25) is 0 Å². The molecule has 0 aromatic heterocycles. The SMILES string of the molecule is CCCCC(CC)(CCl)C1CCC1. The molecular weight excluding hydrogens is 180 g/mol. The molecule has 1 heteroatoms. The van der Waals surface area contributed by atoms with E-state index in [1.807, 2.05) is 0 Å². The van der Waals surface area contributed by atoms with E-state index in [0.29, 0.717) is 5.41 Å². The summed E-state index contributed by atoms with van der Waals surface area (Å²) >= 11 is 6.17. The van der Waals surface area contributed by atoms with Gasteiger partial charge in [-0.25, -0.2) is 0 Å². The van der Waals surface area contributed by atoms with Gasteiger partial charge in [-0.05, 0) is 37.0 Å². The number of rotatable bonds is 6. The highest BCUT2D eigenvalue weighted by molar-refractivity contribution is 6.18. The van der Waals surface area contributed by atoms with Crippen LogP contribution in [0.25, 0.3) is 0 Å². The van der Waals surface area contributed by atoms with E-state index >= 15 is 0 Å². The van der Waals surface area contributed by atoms with Gasteiger partial charge in [-0.2, -0.15) is 0 Å². The van der Waals surface area contributed by atoms with Crippen LogP contribution in [-0.4, -0.2) is 5.88 Å². The lowest BCUT2D eigenvalue weighted by molar-refractivity contribution is 0.0876. The van der Waals surface area contributed by atoms with Gasteiger partial charge in [0.25, 0.3) is 0 Å². The highest BCUT2D eigenvalue weighted by atomic mass is 35.5. The van der Waals surface area contributed by atoms with E-state index in [1.165, 1.54) is 44.9 Å². The molecule has 0 nitrogen and oxygen atoms in total. The van der Waals surface area contributed by atoms with Crippen LogP contribution in [0.5, 0.6) is 0 Å². The molecular formula is C12H23Cl. The Morgan fingerprint density at radius 2 is 2.00 bits per heavy atom. The van der Waals surface area contributed by atoms with Crippen LogP contribution in [0, 0.1) is 11.3 Å². The van der Waals surface area contributed by atoms with Gasteiger partial charge in [0, 0.05) is 5.88 Å². The van der Waals surface area contributed by atoms with Crippen molar-refractivity contribution in [1.82, 2.24) is 0 Å². The first-order valence-corrected chi connectivity index (χ1v) is 6.38. The van der Waals surface area contributed by atoms with Crippen LogP contribution in [0.3, 0.4) is 0 Å². The lowest BCUT2D eigenvalue weighted by atomic mass is 9.63. The van der Waals surface area contributed by atoms with Gasteiger partial charge >= 0.3 is 0 Å². The molecule has 0 N–H and O–H groups in total. The summed E-state index contributed by atoms with van der Waals surface area (Å²) in [6.07, 6.45) is 9.61. The molecule has 0 amide bonds. The van der Waals surface area contributed by atoms with Crippen molar-refractivity contribution in [1.29, 1.82) is 0 Å². The van der Waals surface area contributed by atoms with Crippen LogP contribution in [0.15, 0.2) is 0 Å². The summed E-state index contributed by atoms with van der Waals surface area (Å²) in [5, 5.41) is 0. The Bertz CT molecular complexity index is 134. The first-order chi connectivity index (χ1) is 6.29. The van der Waals surface area contributed by atoms with Gasteiger partial charge < -0.3 is 0 Å². The average Bonchev–Trinajstić information content (AvgIpc) is 2.09. The van der Waals surface area contributed by atoms with Crippen LogP contribution in [-0.2, 0) is 0 Å². The Morgan fingerprint density at radius 3 is 2.31 bits per heavy atom. The lowest BCUT2D eigenvalue weighted by Crippen LogP contribution is -2.36. The standard InChI is InChI=1S/C12H23Cl/c1-3-5-9-12(4-2,10-13)11-7-6-8-11/h11H,3-10H2,1-2H3. The van der Waals surface area contributed by atoms with Gasteiger partial charge in [-0.15, -0.1) is 11.6 Å². The third kappa shape index (κ3) is 2.40. The summed E-state index contributed by atoms with van der Waals surface area (Å²) in [6.45, 7) is 4.59. The molecule has 1 rings (SSSR count). The van der Waals surface area contributed by atoms with Crippen LogP contribution in [0.4, 0.5) is 0 Å². The normalized spacial score (nSPS) is 22.4. The molecule has 0 aromatic carbocycles. The van der Waals surface area contributed by atoms with Gasteiger partial charge in [0.2, 0.25) is 0 Å². The topological polar surface area (TPSA) is 0 Å². The summed E-state index contributed by atoms with van der Waals surface area (Å²) in [5.74, 6) is 1.83. The largest absolute Gasteiger partial charge is 0.126 e. The van der Waals surface area contributed by atoms with Crippen molar-refractivity contribution in [2.24, 2.45) is 11.3 Å². The van der Waals surface area contributed by atoms with Crippen molar-refractivity contribution in [3.8, 4) is 0 Å². The van der Waals surface area contributed by atoms with Crippen molar-refractivity contribution in [3.05, 3.63) is 0 Å². The number of alkyl halides is 1. The van der Waals surface area contributed by atoms with Gasteiger partial charge in [0.15, 0.2) is 0 Å². The van der Waals surface area contributed by atoms with E-state index < -0.39 is 0 Å². The van der Waals surface area contributed by atoms with Gasteiger partial charge in [0.1, 0.15) is 0 Å². The van der Waals surface area contributed by atoms with Crippen LogP contribution >= 0.6 is 11.6 Å². The lowest BCUT2D eigenvalue weighted by Gasteiger charge is -2.44. The number of hydrogen-bond donors (Lipinski definition) is 0. The quantitative estimate of drug-likeness (QED) is 0.552. The molecule has 1 aliphatic rings. The van der Waals surface area contributed by atoms with E-state index in [9.17, 15) is 0 Å². The van der Waals surface area contributed by atoms with E-state index in [1.54, 1.807) is 0 Å². The van der Waals surface area contributed by atoms with Gasteiger partial charge in [-0.1, -0.05) is 33.1 Å². The monoisotopic (exact) mass is 202 g/mol. The zero-order chi connectivity index (χ0) is 9.73. The highest BCUT2D eigenvalue weighted by Crippen LogP contribution is 2.48. The molecule has 1 saturated carbocycles. The fourth-order valence-corrected chi connectivity index (χ4v) is 3.03. The predicted molar refractivity (Wildman–Crippen MR) is 60.3 cm³/mol. The molecule has 0 saturated heterocycles. The fraction of sp³-hybridized carbons (Fsp3) is 1.00. The minimum absolute atomic E-state index is 0.496. The molecule has 1 atom stereocenters. The Hall–Kier alpha value is 0.290. The second-order valence-corrected chi connectivity index (χ2v) is 4.85. The zero-order valence-corrected chi connectivity index (χ0v) is 9.87. The Labute approximate surface area is 88.1 Å². The highest BCUT2D eigenvalue weighted by Gasteiger charge is 2.38. The van der Waals surface area contributed by atoms with Crippen molar-refractivity contribution in [3.63, 3.8) is 0 Å². The van der Waals surface area contributed by atoms with E-state index in [0.717, 1.165) is 11.8 Å². The van der Waals surface area contributed by atoms with Gasteiger partial charge in [0.05, 0.1) is 0 Å². The van der Waals surface area contributed by atoms with E-state index in [4.69, 9.17) is 11.6 Å². The molecule has 1 fully saturated rings. The number of unbranched alkanes of at least 4 members (excludes halogenated alkanes) is 1. The molecule has 0 radical (unpaired) electrons. The van der Waals surface area contributed by atoms with Crippen molar-refractivity contribution in [2.45, 2.75) is 58.8 Å². The maximum atomic E-state index is 6.17. The second kappa shape index (κ2) is 5.24. The maximum absolute atomic E-state index is 6.17. The van der Waals surface area contributed by atoms with Crippen molar-refractivity contribution in [2.75, 3.05) is 5.88 Å². The first-order valence-electron chi connectivity index (χ1n) is 5.85. The molecule has 78 valence electrons. The summed E-state index contributed by atoms with van der Waals surface area (Å²) < 4.78 is 0. The maximum Gasteiger partial charge on any atom is 0.0282 e. The minimum atomic E-state index is 0.496. The molecule has 0 aromatic rings. The smallest absolute Gasteiger partial charge is 0.0282 e. The Morgan fingerprint density at radius 1 is 1.31 bits per heavy atom. The van der Waals surface area contributed by atoms with Crippen molar-refractivity contribution >= 4 is 11.6 Å². The molecule has 0 aliphatic heterocycles. The number of halogens is 1. The predicted octanol–water partition coefficient (Wildman–Crippen LogP) is 4.61. The molecule has 1 aliphatic carbocycles. The Balaban J connectivity index is 2.49. The first kappa shape index (κ1) is 11.4. The molecule has 0 heterocycles. The molecule has 0 bridgehead atoms. The Kier molecular flexibility index (Phi) is 4.58. The summed E-state index contributed by atoms with van der Waals surface area (Å²) in [7, 11) is 0. The molecule has 13 heavy (non-hydrogen) atoms. The van der Waals surface area contributed by atoms with Crippen LogP contribution < -0.4 is 0 Å². The third-order valence-electron chi connectivity index (χ3n) is 3.97. The van der Waals surface area contributed by atoms with Crippen LogP contribution in [0.1, 0.15) is 58.8 Å². The molecule has 0 spiro atoms. The summed E-state index contributed by atoms with van der Waals surface area (Å²) in [5.41, 5.74) is 0.496. The fourth-order valence-electron chi connectivity index (χ4n) is 2.49. The minimum Gasteiger partial charge on any atom is -0.126 e. The molecule has 1 unspecified atom stereocenters. The average molecular weight is 203 g/mol. The summed E-state index contributed by atoms with van der Waals surface area (Å²) in [6, 6.07) is 0.